The molecule has 1 saturated heterocycles. The molecular weight excluding hydrogens is 398 g/mol. The van der Waals surface area contributed by atoms with E-state index in [1.807, 2.05) is 30.5 Å². The highest BCUT2D eigenvalue weighted by Gasteiger charge is 2.30. The van der Waals surface area contributed by atoms with E-state index in [4.69, 9.17) is 11.6 Å². The number of rotatable bonds is 4. The minimum atomic E-state index is -3.61. The van der Waals surface area contributed by atoms with Crippen molar-refractivity contribution in [2.24, 2.45) is 0 Å². The number of piperazine rings is 1. The number of fused-ring (bicyclic) bond motifs is 1. The first-order chi connectivity index (χ1) is 13.4. The molecule has 1 amide bonds. The average molecular weight is 418 g/mol. The number of sulfonamides is 1. The van der Waals surface area contributed by atoms with Gasteiger partial charge in [-0.3, -0.25) is 4.79 Å². The van der Waals surface area contributed by atoms with Crippen LogP contribution in [-0.2, 0) is 21.2 Å². The van der Waals surface area contributed by atoms with E-state index in [-0.39, 0.29) is 23.9 Å². The summed E-state index contributed by atoms with van der Waals surface area (Å²) < 4.78 is 27.0. The van der Waals surface area contributed by atoms with Crippen molar-refractivity contribution < 1.29 is 13.2 Å². The number of nitrogens with one attached hydrogen (secondary N) is 1. The van der Waals surface area contributed by atoms with E-state index in [2.05, 4.69) is 4.98 Å². The maximum atomic E-state index is 12.8. The first kappa shape index (κ1) is 19.0. The van der Waals surface area contributed by atoms with Crippen LogP contribution in [0.5, 0.6) is 0 Å². The molecule has 0 unspecified atom stereocenters. The molecule has 3 aromatic rings. The molecule has 1 aliphatic heterocycles. The number of benzene rings is 2. The van der Waals surface area contributed by atoms with Crippen LogP contribution in [0.3, 0.4) is 0 Å². The molecule has 2 aromatic carbocycles. The molecule has 1 aliphatic rings. The highest BCUT2D eigenvalue weighted by molar-refractivity contribution is 7.89. The summed E-state index contributed by atoms with van der Waals surface area (Å²) in [6.07, 6.45) is 2.16. The lowest BCUT2D eigenvalue weighted by Crippen LogP contribution is -2.50. The summed E-state index contributed by atoms with van der Waals surface area (Å²) in [4.78, 5) is 17.8. The van der Waals surface area contributed by atoms with Crippen LogP contribution < -0.4 is 0 Å². The minimum absolute atomic E-state index is 0.00422. The normalized spacial score (nSPS) is 15.8. The molecule has 8 heteroatoms. The fourth-order valence-electron chi connectivity index (χ4n) is 3.51. The van der Waals surface area contributed by atoms with Gasteiger partial charge in [-0.25, -0.2) is 8.42 Å². The number of aromatic amines is 1. The van der Waals surface area contributed by atoms with Crippen LogP contribution in [0.15, 0.2) is 59.6 Å². The zero-order chi connectivity index (χ0) is 19.7. The molecule has 0 bridgehead atoms. The monoisotopic (exact) mass is 417 g/mol. The Labute approximate surface area is 168 Å². The third-order valence-corrected chi connectivity index (χ3v) is 7.17. The average Bonchev–Trinajstić information content (AvgIpc) is 3.11. The highest BCUT2D eigenvalue weighted by Crippen LogP contribution is 2.22. The van der Waals surface area contributed by atoms with Crippen molar-refractivity contribution in [1.82, 2.24) is 14.2 Å². The standard InChI is InChI=1S/C20H20ClN3O3S/c21-16-4-3-5-17(13-16)28(26,27)24-10-8-23(9-11-24)20(25)12-15-14-22-19-7-2-1-6-18(15)19/h1-7,13-14,22H,8-12H2. The lowest BCUT2D eigenvalue weighted by atomic mass is 10.1. The molecule has 0 aliphatic carbocycles. The van der Waals surface area contributed by atoms with E-state index in [1.165, 1.54) is 16.4 Å². The molecule has 1 fully saturated rings. The topological polar surface area (TPSA) is 73.5 Å². The fourth-order valence-corrected chi connectivity index (χ4v) is 5.23. The third kappa shape index (κ3) is 3.65. The van der Waals surface area contributed by atoms with Crippen LogP contribution in [0.2, 0.25) is 5.02 Å². The van der Waals surface area contributed by atoms with Gasteiger partial charge in [0.1, 0.15) is 0 Å². The molecule has 0 saturated carbocycles. The van der Waals surface area contributed by atoms with Gasteiger partial charge in [0.2, 0.25) is 15.9 Å². The van der Waals surface area contributed by atoms with E-state index in [1.54, 1.807) is 17.0 Å². The number of para-hydroxylation sites is 1. The Bertz CT molecular complexity index is 1120. The van der Waals surface area contributed by atoms with Crippen molar-refractivity contribution in [3.63, 3.8) is 0 Å². The Hall–Kier alpha value is -2.35. The number of hydrogen-bond acceptors (Lipinski definition) is 3. The lowest BCUT2D eigenvalue weighted by Gasteiger charge is -2.34. The first-order valence-electron chi connectivity index (χ1n) is 9.03. The second kappa shape index (κ2) is 7.58. The van der Waals surface area contributed by atoms with Gasteiger partial charge in [0.05, 0.1) is 11.3 Å². The molecule has 0 spiro atoms. The molecule has 1 N–H and O–H groups in total. The van der Waals surface area contributed by atoms with E-state index >= 15 is 0 Å². The Kier molecular flexibility index (Phi) is 5.14. The van der Waals surface area contributed by atoms with Crippen molar-refractivity contribution in [2.45, 2.75) is 11.3 Å². The van der Waals surface area contributed by atoms with Gasteiger partial charge >= 0.3 is 0 Å². The number of halogens is 1. The van der Waals surface area contributed by atoms with Crippen molar-refractivity contribution in [1.29, 1.82) is 0 Å². The van der Waals surface area contributed by atoms with Gasteiger partial charge in [-0.15, -0.1) is 0 Å². The van der Waals surface area contributed by atoms with Gasteiger partial charge in [-0.1, -0.05) is 35.9 Å². The highest BCUT2D eigenvalue weighted by atomic mass is 35.5. The van der Waals surface area contributed by atoms with Crippen LogP contribution in [0, 0.1) is 0 Å². The second-order valence-electron chi connectivity index (χ2n) is 6.78. The predicted octanol–water partition coefficient (Wildman–Crippen LogP) is 2.90. The Morgan fingerprint density at radius 1 is 1.04 bits per heavy atom. The van der Waals surface area contributed by atoms with Gasteiger partial charge in [0.15, 0.2) is 0 Å². The summed E-state index contributed by atoms with van der Waals surface area (Å²) >= 11 is 5.93. The fraction of sp³-hybridized carbons (Fsp3) is 0.250. The summed E-state index contributed by atoms with van der Waals surface area (Å²) in [7, 11) is -3.61. The first-order valence-corrected chi connectivity index (χ1v) is 10.9. The van der Waals surface area contributed by atoms with E-state index < -0.39 is 10.0 Å². The van der Waals surface area contributed by atoms with Gasteiger partial charge in [-0.05, 0) is 29.8 Å². The van der Waals surface area contributed by atoms with Crippen molar-refractivity contribution in [3.8, 4) is 0 Å². The quantitative estimate of drug-likeness (QED) is 0.709. The van der Waals surface area contributed by atoms with Gasteiger partial charge in [0, 0.05) is 48.3 Å². The molecule has 28 heavy (non-hydrogen) atoms. The summed E-state index contributed by atoms with van der Waals surface area (Å²) in [6, 6.07) is 14.1. The maximum absolute atomic E-state index is 12.8. The number of H-pyrrole nitrogens is 1. The summed E-state index contributed by atoms with van der Waals surface area (Å²) in [5.41, 5.74) is 1.96. The Morgan fingerprint density at radius 3 is 2.54 bits per heavy atom. The predicted molar refractivity (Wildman–Crippen MR) is 109 cm³/mol. The number of hydrogen-bond donors (Lipinski definition) is 1. The zero-order valence-corrected chi connectivity index (χ0v) is 16.7. The van der Waals surface area contributed by atoms with Gasteiger partial charge < -0.3 is 9.88 Å². The van der Waals surface area contributed by atoms with Crippen molar-refractivity contribution >= 4 is 38.4 Å². The van der Waals surface area contributed by atoms with Crippen molar-refractivity contribution in [2.75, 3.05) is 26.2 Å². The molecule has 0 radical (unpaired) electrons. The number of carbonyl (C=O) groups excluding carboxylic acids is 1. The molecule has 6 nitrogen and oxygen atoms in total. The maximum Gasteiger partial charge on any atom is 0.243 e. The number of aromatic nitrogens is 1. The minimum Gasteiger partial charge on any atom is -0.361 e. The van der Waals surface area contributed by atoms with E-state index in [9.17, 15) is 13.2 Å². The van der Waals surface area contributed by atoms with Crippen LogP contribution in [0.25, 0.3) is 10.9 Å². The summed E-state index contributed by atoms with van der Waals surface area (Å²) in [6.45, 7) is 1.30. The molecule has 2 heterocycles. The molecule has 0 atom stereocenters. The van der Waals surface area contributed by atoms with E-state index in [0.717, 1.165) is 16.5 Å². The Balaban J connectivity index is 1.42. The van der Waals surface area contributed by atoms with Gasteiger partial charge in [0.25, 0.3) is 0 Å². The van der Waals surface area contributed by atoms with E-state index in [0.29, 0.717) is 24.5 Å². The zero-order valence-electron chi connectivity index (χ0n) is 15.1. The van der Waals surface area contributed by atoms with Crippen molar-refractivity contribution in [3.05, 3.63) is 65.3 Å². The summed E-state index contributed by atoms with van der Waals surface area (Å²) in [5.74, 6) is 0.00422. The smallest absolute Gasteiger partial charge is 0.243 e. The largest absolute Gasteiger partial charge is 0.361 e. The molecule has 146 valence electrons. The SMILES string of the molecule is O=C(Cc1c[nH]c2ccccc12)N1CCN(S(=O)(=O)c2cccc(Cl)c2)CC1. The third-order valence-electron chi connectivity index (χ3n) is 5.04. The molecule has 4 rings (SSSR count). The van der Waals surface area contributed by atoms with Crippen LogP contribution in [0.1, 0.15) is 5.56 Å². The number of carbonyl (C=O) groups is 1. The van der Waals surface area contributed by atoms with Crippen LogP contribution in [-0.4, -0.2) is 54.7 Å². The molecular formula is C20H20ClN3O3S. The number of nitrogens with zero attached hydrogens (tertiary/aromatic N) is 2. The molecule has 1 aromatic heterocycles. The van der Waals surface area contributed by atoms with Crippen LogP contribution >= 0.6 is 11.6 Å². The summed E-state index contributed by atoms with van der Waals surface area (Å²) in [5, 5.41) is 1.42. The number of amides is 1. The van der Waals surface area contributed by atoms with Crippen LogP contribution in [0.4, 0.5) is 0 Å². The lowest BCUT2D eigenvalue weighted by molar-refractivity contribution is -0.131. The Morgan fingerprint density at radius 2 is 1.79 bits per heavy atom. The second-order valence-corrected chi connectivity index (χ2v) is 9.15. The van der Waals surface area contributed by atoms with Gasteiger partial charge in [-0.2, -0.15) is 4.31 Å².